The molecule has 2 saturated heterocycles. The van der Waals surface area contributed by atoms with Gasteiger partial charge in [-0.15, -0.1) is 0 Å². The Morgan fingerprint density at radius 3 is 1.35 bits per heavy atom. The summed E-state index contributed by atoms with van der Waals surface area (Å²) in [6.45, 7) is 0. The monoisotopic (exact) mass is 354 g/mol. The van der Waals surface area contributed by atoms with Crippen molar-refractivity contribution in [3.63, 3.8) is 0 Å². The van der Waals surface area contributed by atoms with Crippen molar-refractivity contribution in [3.8, 4) is 0 Å². The second kappa shape index (κ2) is 7.07. The first kappa shape index (κ1) is 16.4. The number of benzene rings is 2. The first-order valence-corrected chi connectivity index (χ1v) is 8.55. The smallest absolute Gasteiger partial charge is 0.427 e. The molecule has 2 aliphatic rings. The summed E-state index contributed by atoms with van der Waals surface area (Å²) in [7, 11) is 0. The van der Waals surface area contributed by atoms with E-state index in [2.05, 4.69) is 0 Å². The summed E-state index contributed by atoms with van der Waals surface area (Å²) in [5, 5.41) is 0. The highest BCUT2D eigenvalue weighted by Crippen LogP contribution is 2.37. The van der Waals surface area contributed by atoms with Crippen LogP contribution in [0, 0.1) is 0 Å². The summed E-state index contributed by atoms with van der Waals surface area (Å²) in [5.74, 6) is 0. The maximum atomic E-state index is 11.6. The van der Waals surface area contributed by atoms with Crippen molar-refractivity contribution in [2.45, 2.75) is 37.3 Å². The van der Waals surface area contributed by atoms with Gasteiger partial charge in [0.15, 0.2) is 12.2 Å². The lowest BCUT2D eigenvalue weighted by Crippen LogP contribution is -2.21. The molecule has 0 aliphatic carbocycles. The van der Waals surface area contributed by atoms with Crippen molar-refractivity contribution in [3.05, 3.63) is 71.8 Å². The molecule has 0 aromatic heterocycles. The summed E-state index contributed by atoms with van der Waals surface area (Å²) in [6, 6.07) is 18.9. The zero-order valence-corrected chi connectivity index (χ0v) is 13.9. The average Bonchev–Trinajstić information content (AvgIpc) is 3.23. The van der Waals surface area contributed by atoms with Gasteiger partial charge in [0.2, 0.25) is 0 Å². The number of cyclic esters (lactones) is 4. The fraction of sp³-hybridized carbons (Fsp3) is 0.300. The van der Waals surface area contributed by atoms with Gasteiger partial charge < -0.3 is 18.9 Å². The highest BCUT2D eigenvalue weighted by Gasteiger charge is 2.42. The summed E-state index contributed by atoms with van der Waals surface area (Å²) in [6.07, 6.45) is -2.15. The Bertz CT molecular complexity index is 708. The van der Waals surface area contributed by atoms with Crippen molar-refractivity contribution in [1.29, 1.82) is 0 Å². The normalized spacial score (nSPS) is 27.4. The van der Waals surface area contributed by atoms with E-state index >= 15 is 0 Å². The Kier molecular flexibility index (Phi) is 4.48. The minimum atomic E-state index is -0.678. The van der Waals surface area contributed by atoms with Crippen molar-refractivity contribution < 1.29 is 28.5 Å². The zero-order valence-electron chi connectivity index (χ0n) is 13.9. The van der Waals surface area contributed by atoms with Crippen LogP contribution in [0.4, 0.5) is 9.59 Å². The van der Waals surface area contributed by atoms with Gasteiger partial charge >= 0.3 is 12.3 Å². The molecule has 0 unspecified atom stereocenters. The van der Waals surface area contributed by atoms with Gasteiger partial charge in [-0.25, -0.2) is 9.59 Å². The lowest BCUT2D eigenvalue weighted by atomic mass is 9.96. The second-order valence-electron chi connectivity index (χ2n) is 6.29. The van der Waals surface area contributed by atoms with E-state index in [0.717, 1.165) is 11.1 Å². The fourth-order valence-electron chi connectivity index (χ4n) is 3.39. The maximum Gasteiger partial charge on any atom is 0.509 e. The van der Waals surface area contributed by atoms with E-state index in [0.29, 0.717) is 12.8 Å². The Morgan fingerprint density at radius 1 is 0.577 bits per heavy atom. The maximum absolute atomic E-state index is 11.6. The number of hydrogen-bond donors (Lipinski definition) is 0. The van der Waals surface area contributed by atoms with E-state index in [1.165, 1.54) is 0 Å². The second-order valence-corrected chi connectivity index (χ2v) is 6.29. The molecular weight excluding hydrogens is 336 g/mol. The largest absolute Gasteiger partial charge is 0.509 e. The van der Waals surface area contributed by atoms with Crippen LogP contribution in [0.3, 0.4) is 0 Å². The molecule has 2 heterocycles. The molecule has 2 fully saturated rings. The zero-order chi connectivity index (χ0) is 17.9. The summed E-state index contributed by atoms with van der Waals surface area (Å²) < 4.78 is 21.2. The van der Waals surface area contributed by atoms with Crippen LogP contribution in [0.5, 0.6) is 0 Å². The predicted molar refractivity (Wildman–Crippen MR) is 90.3 cm³/mol. The minimum Gasteiger partial charge on any atom is -0.427 e. The van der Waals surface area contributed by atoms with Crippen LogP contribution in [0.15, 0.2) is 60.7 Å². The van der Waals surface area contributed by atoms with E-state index in [1.807, 2.05) is 60.7 Å². The Labute approximate surface area is 150 Å². The number of rotatable bonds is 5. The van der Waals surface area contributed by atoms with E-state index in [-0.39, 0.29) is 0 Å². The summed E-state index contributed by atoms with van der Waals surface area (Å²) in [4.78, 5) is 23.2. The molecule has 0 spiro atoms. The van der Waals surface area contributed by atoms with E-state index in [4.69, 9.17) is 18.9 Å². The molecule has 26 heavy (non-hydrogen) atoms. The molecule has 0 amide bonds. The van der Waals surface area contributed by atoms with Gasteiger partial charge in [-0.2, -0.15) is 0 Å². The van der Waals surface area contributed by atoms with Crippen LogP contribution < -0.4 is 0 Å². The van der Waals surface area contributed by atoms with E-state index in [1.54, 1.807) is 0 Å². The van der Waals surface area contributed by atoms with Crippen molar-refractivity contribution >= 4 is 12.3 Å². The third-order valence-electron chi connectivity index (χ3n) is 4.61. The van der Waals surface area contributed by atoms with Gasteiger partial charge in [0, 0.05) is 0 Å². The number of carbonyl (C=O) groups is 2. The number of hydrogen-bond acceptors (Lipinski definition) is 6. The lowest BCUT2D eigenvalue weighted by Gasteiger charge is -2.19. The standard InChI is InChI=1S/C20H18O6/c21-19-23-15(17(25-19)13-7-3-1-4-8-13)11-12-16-18(26-20(22)24-16)14-9-5-2-6-10-14/h1-10,15-18H,11-12H2/t15-,16-,17-,18-/m1/s1. The SMILES string of the molecule is O=C1O[C@H](c2ccccc2)[C@@H](CC[C@H]2OC(=O)O[C@@H]2c2ccccc2)O1. The van der Waals surface area contributed by atoms with E-state index < -0.39 is 36.7 Å². The van der Waals surface area contributed by atoms with Crippen molar-refractivity contribution in [2.24, 2.45) is 0 Å². The molecule has 6 nitrogen and oxygen atoms in total. The molecule has 134 valence electrons. The topological polar surface area (TPSA) is 71.1 Å². The molecule has 2 aromatic rings. The predicted octanol–water partition coefficient (Wildman–Crippen LogP) is 4.32. The van der Waals surface area contributed by atoms with Gasteiger partial charge in [-0.05, 0) is 24.0 Å². The van der Waals surface area contributed by atoms with Crippen LogP contribution in [0.2, 0.25) is 0 Å². The number of ether oxygens (including phenoxy) is 4. The summed E-state index contributed by atoms with van der Waals surface area (Å²) in [5.41, 5.74) is 1.75. The van der Waals surface area contributed by atoms with Crippen LogP contribution in [-0.4, -0.2) is 24.5 Å². The van der Waals surface area contributed by atoms with Crippen LogP contribution in [0.25, 0.3) is 0 Å². The van der Waals surface area contributed by atoms with Crippen LogP contribution in [-0.2, 0) is 18.9 Å². The Hall–Kier alpha value is -3.02. The highest BCUT2D eigenvalue weighted by molar-refractivity contribution is 5.63. The van der Waals surface area contributed by atoms with Gasteiger partial charge in [0.25, 0.3) is 0 Å². The van der Waals surface area contributed by atoms with Crippen molar-refractivity contribution in [2.75, 3.05) is 0 Å². The van der Waals surface area contributed by atoms with Gasteiger partial charge in [0.1, 0.15) is 12.2 Å². The average molecular weight is 354 g/mol. The molecular formula is C20H18O6. The number of carbonyl (C=O) groups excluding carboxylic acids is 2. The van der Waals surface area contributed by atoms with Crippen LogP contribution in [0.1, 0.15) is 36.2 Å². The third-order valence-corrected chi connectivity index (χ3v) is 4.61. The molecule has 0 bridgehead atoms. The van der Waals surface area contributed by atoms with Gasteiger partial charge in [-0.1, -0.05) is 60.7 Å². The molecule has 4 atom stereocenters. The van der Waals surface area contributed by atoms with Gasteiger partial charge in [-0.3, -0.25) is 0 Å². The third kappa shape index (κ3) is 3.35. The molecule has 4 rings (SSSR count). The Morgan fingerprint density at radius 2 is 0.962 bits per heavy atom. The minimum absolute atomic E-state index is 0.430. The fourth-order valence-corrected chi connectivity index (χ4v) is 3.39. The molecule has 0 N–H and O–H groups in total. The quantitative estimate of drug-likeness (QED) is 0.745. The first-order chi connectivity index (χ1) is 12.7. The van der Waals surface area contributed by atoms with Gasteiger partial charge in [0.05, 0.1) is 0 Å². The first-order valence-electron chi connectivity index (χ1n) is 8.55. The molecule has 6 heteroatoms. The lowest BCUT2D eigenvalue weighted by molar-refractivity contribution is 0.0929. The molecule has 2 aromatic carbocycles. The summed E-state index contributed by atoms with van der Waals surface area (Å²) >= 11 is 0. The molecule has 0 radical (unpaired) electrons. The van der Waals surface area contributed by atoms with Crippen LogP contribution >= 0.6 is 0 Å². The highest BCUT2D eigenvalue weighted by atomic mass is 16.8. The van der Waals surface area contributed by atoms with E-state index in [9.17, 15) is 9.59 Å². The molecule has 0 saturated carbocycles. The molecule has 2 aliphatic heterocycles. The van der Waals surface area contributed by atoms with Crippen molar-refractivity contribution in [1.82, 2.24) is 0 Å². The Balaban J connectivity index is 1.45.